The summed E-state index contributed by atoms with van der Waals surface area (Å²) in [6, 6.07) is 13.5. The van der Waals surface area contributed by atoms with E-state index in [0.717, 1.165) is 14.7 Å². The van der Waals surface area contributed by atoms with Crippen molar-refractivity contribution in [2.45, 2.75) is 20.0 Å². The Bertz CT molecular complexity index is 1070. The molecule has 144 valence electrons. The van der Waals surface area contributed by atoms with Crippen LogP contribution in [-0.2, 0) is 4.79 Å². The normalized spacial score (nSPS) is 11.7. The van der Waals surface area contributed by atoms with Gasteiger partial charge in [0.05, 0.1) is 11.4 Å². The fraction of sp³-hybridized carbons (Fsp3) is 0.150. The molecule has 0 bridgehead atoms. The lowest BCUT2D eigenvalue weighted by atomic mass is 10.2. The van der Waals surface area contributed by atoms with Crippen LogP contribution in [-0.4, -0.2) is 21.8 Å². The predicted octanol–water partition coefficient (Wildman–Crippen LogP) is 3.85. The first-order valence-electron chi connectivity index (χ1n) is 8.43. The zero-order chi connectivity index (χ0) is 20.3. The van der Waals surface area contributed by atoms with E-state index in [0.29, 0.717) is 11.4 Å². The standard InChI is InChI=1S/C20H17BrFN3O3/c1-12-3-8-17(16(21)11-12)23-20(27)13(2)28-18-9-10-19(26)25(24-18)15-6-4-14(22)5-7-15/h3-11,13H,1-2H3,(H,23,27)/t13-/m1/s1. The van der Waals surface area contributed by atoms with Crippen molar-refractivity contribution in [3.05, 3.63) is 80.8 Å². The number of carbonyl (C=O) groups excluding carboxylic acids is 1. The number of nitrogens with one attached hydrogen (secondary N) is 1. The largest absolute Gasteiger partial charge is 0.463 e. The average Bonchev–Trinajstić information content (AvgIpc) is 2.66. The van der Waals surface area contributed by atoms with Crippen molar-refractivity contribution in [2.24, 2.45) is 0 Å². The number of aryl methyl sites for hydroxylation is 1. The number of ether oxygens (including phenoxy) is 1. The SMILES string of the molecule is Cc1ccc(NC(=O)[C@@H](C)Oc2ccc(=O)n(-c3ccc(F)cc3)n2)c(Br)c1. The van der Waals surface area contributed by atoms with Gasteiger partial charge < -0.3 is 10.1 Å². The Labute approximate surface area is 169 Å². The number of benzene rings is 2. The lowest BCUT2D eigenvalue weighted by molar-refractivity contribution is -0.122. The molecule has 3 aromatic rings. The third-order valence-corrected chi connectivity index (χ3v) is 4.55. The Morgan fingerprint density at radius 3 is 2.57 bits per heavy atom. The van der Waals surface area contributed by atoms with Gasteiger partial charge in [0, 0.05) is 16.6 Å². The van der Waals surface area contributed by atoms with Gasteiger partial charge in [-0.3, -0.25) is 9.59 Å². The molecule has 8 heteroatoms. The summed E-state index contributed by atoms with van der Waals surface area (Å²) < 4.78 is 20.5. The van der Waals surface area contributed by atoms with Gasteiger partial charge >= 0.3 is 0 Å². The van der Waals surface area contributed by atoms with Gasteiger partial charge in [-0.15, -0.1) is 5.10 Å². The number of hydrogen-bond acceptors (Lipinski definition) is 4. The molecule has 1 heterocycles. The summed E-state index contributed by atoms with van der Waals surface area (Å²) in [4.78, 5) is 24.5. The number of rotatable bonds is 5. The maximum absolute atomic E-state index is 13.1. The first-order chi connectivity index (χ1) is 13.3. The lowest BCUT2D eigenvalue weighted by Crippen LogP contribution is -2.31. The van der Waals surface area contributed by atoms with Crippen molar-refractivity contribution in [2.75, 3.05) is 5.32 Å². The molecule has 0 unspecified atom stereocenters. The van der Waals surface area contributed by atoms with Crippen LogP contribution in [0.5, 0.6) is 5.88 Å². The zero-order valence-corrected chi connectivity index (χ0v) is 16.7. The summed E-state index contributed by atoms with van der Waals surface area (Å²) >= 11 is 3.41. The van der Waals surface area contributed by atoms with Gasteiger partial charge in [-0.05, 0) is 71.7 Å². The van der Waals surface area contributed by atoms with Crippen molar-refractivity contribution in [1.29, 1.82) is 0 Å². The Kier molecular flexibility index (Phi) is 5.89. The van der Waals surface area contributed by atoms with E-state index >= 15 is 0 Å². The van der Waals surface area contributed by atoms with Crippen molar-refractivity contribution in [3.8, 4) is 11.6 Å². The summed E-state index contributed by atoms with van der Waals surface area (Å²) in [5.41, 5.74) is 1.66. The molecule has 0 radical (unpaired) electrons. The number of aromatic nitrogens is 2. The smallest absolute Gasteiger partial charge is 0.271 e. The van der Waals surface area contributed by atoms with E-state index in [2.05, 4.69) is 26.3 Å². The highest BCUT2D eigenvalue weighted by Gasteiger charge is 2.17. The fourth-order valence-corrected chi connectivity index (χ4v) is 3.01. The molecule has 0 saturated heterocycles. The Hall–Kier alpha value is -3.00. The number of carbonyl (C=O) groups is 1. The molecule has 1 N–H and O–H groups in total. The minimum Gasteiger partial charge on any atom is -0.463 e. The molecule has 0 fully saturated rings. The topological polar surface area (TPSA) is 73.2 Å². The second-order valence-corrected chi connectivity index (χ2v) is 6.98. The molecule has 0 aliphatic carbocycles. The Morgan fingerprint density at radius 2 is 1.89 bits per heavy atom. The minimum atomic E-state index is -0.861. The molecule has 2 aromatic carbocycles. The van der Waals surface area contributed by atoms with Crippen molar-refractivity contribution in [3.63, 3.8) is 0 Å². The van der Waals surface area contributed by atoms with E-state index in [1.165, 1.54) is 36.4 Å². The highest BCUT2D eigenvalue weighted by molar-refractivity contribution is 9.10. The van der Waals surface area contributed by atoms with Crippen LogP contribution in [0.1, 0.15) is 12.5 Å². The molecule has 0 spiro atoms. The van der Waals surface area contributed by atoms with E-state index in [1.54, 1.807) is 13.0 Å². The maximum atomic E-state index is 13.1. The number of nitrogens with zero attached hydrogens (tertiary/aromatic N) is 2. The van der Waals surface area contributed by atoms with Gasteiger partial charge in [-0.2, -0.15) is 4.68 Å². The summed E-state index contributed by atoms with van der Waals surface area (Å²) in [6.45, 7) is 3.52. The fourth-order valence-electron chi connectivity index (χ4n) is 2.41. The molecule has 0 aliphatic heterocycles. The first-order valence-corrected chi connectivity index (χ1v) is 9.23. The molecule has 1 amide bonds. The summed E-state index contributed by atoms with van der Waals surface area (Å²) in [7, 11) is 0. The third kappa shape index (κ3) is 4.64. The second-order valence-electron chi connectivity index (χ2n) is 6.13. The number of anilines is 1. The van der Waals surface area contributed by atoms with Crippen LogP contribution in [0.2, 0.25) is 0 Å². The second kappa shape index (κ2) is 8.35. The minimum absolute atomic E-state index is 0.0922. The number of hydrogen-bond donors (Lipinski definition) is 1. The van der Waals surface area contributed by atoms with Crippen LogP contribution in [0.3, 0.4) is 0 Å². The zero-order valence-electron chi connectivity index (χ0n) is 15.1. The molecule has 1 aromatic heterocycles. The van der Waals surface area contributed by atoms with Crippen molar-refractivity contribution in [1.82, 2.24) is 9.78 Å². The van der Waals surface area contributed by atoms with Gasteiger partial charge in [0.2, 0.25) is 5.88 Å². The van der Waals surface area contributed by atoms with Gasteiger partial charge in [0.15, 0.2) is 6.10 Å². The van der Waals surface area contributed by atoms with Crippen LogP contribution in [0, 0.1) is 12.7 Å². The highest BCUT2D eigenvalue weighted by Crippen LogP contribution is 2.23. The van der Waals surface area contributed by atoms with E-state index in [-0.39, 0.29) is 11.8 Å². The monoisotopic (exact) mass is 445 g/mol. The van der Waals surface area contributed by atoms with E-state index < -0.39 is 17.5 Å². The van der Waals surface area contributed by atoms with Crippen LogP contribution in [0.25, 0.3) is 5.69 Å². The third-order valence-electron chi connectivity index (χ3n) is 3.90. The van der Waals surface area contributed by atoms with Gasteiger partial charge in [0.25, 0.3) is 11.5 Å². The first kappa shape index (κ1) is 19.8. The molecule has 28 heavy (non-hydrogen) atoms. The van der Waals surface area contributed by atoms with E-state index in [9.17, 15) is 14.0 Å². The van der Waals surface area contributed by atoms with Crippen molar-refractivity contribution >= 4 is 27.5 Å². The van der Waals surface area contributed by atoms with Gasteiger partial charge in [-0.1, -0.05) is 6.07 Å². The Morgan fingerprint density at radius 1 is 1.18 bits per heavy atom. The Balaban J connectivity index is 1.75. The summed E-state index contributed by atoms with van der Waals surface area (Å²) in [5, 5.41) is 6.87. The molecule has 0 saturated carbocycles. The van der Waals surface area contributed by atoms with Gasteiger partial charge in [-0.25, -0.2) is 4.39 Å². The van der Waals surface area contributed by atoms with Crippen LogP contribution < -0.4 is 15.6 Å². The average molecular weight is 446 g/mol. The quantitative estimate of drug-likeness (QED) is 0.647. The van der Waals surface area contributed by atoms with Crippen LogP contribution in [0.15, 0.2) is 63.9 Å². The lowest BCUT2D eigenvalue weighted by Gasteiger charge is -2.15. The summed E-state index contributed by atoms with van der Waals surface area (Å²) in [5.74, 6) is -0.697. The van der Waals surface area contributed by atoms with E-state index in [1.807, 2.05) is 19.1 Å². The molecular weight excluding hydrogens is 429 g/mol. The van der Waals surface area contributed by atoms with Crippen LogP contribution >= 0.6 is 15.9 Å². The molecule has 6 nitrogen and oxygen atoms in total. The number of amides is 1. The molecular formula is C20H17BrFN3O3. The van der Waals surface area contributed by atoms with E-state index in [4.69, 9.17) is 4.74 Å². The summed E-state index contributed by atoms with van der Waals surface area (Å²) in [6.07, 6.45) is -0.861. The molecule has 3 rings (SSSR count). The highest BCUT2D eigenvalue weighted by atomic mass is 79.9. The molecule has 1 atom stereocenters. The van der Waals surface area contributed by atoms with Crippen molar-refractivity contribution < 1.29 is 13.9 Å². The predicted molar refractivity (Wildman–Crippen MR) is 107 cm³/mol. The molecule has 0 aliphatic rings. The van der Waals surface area contributed by atoms with Crippen LogP contribution in [0.4, 0.5) is 10.1 Å². The number of halogens is 2. The maximum Gasteiger partial charge on any atom is 0.271 e. The van der Waals surface area contributed by atoms with Gasteiger partial charge in [0.1, 0.15) is 5.82 Å².